The van der Waals surface area contributed by atoms with Gasteiger partial charge in [-0.05, 0) is 36.8 Å². The molecule has 2 N–H and O–H groups in total. The van der Waals surface area contributed by atoms with Gasteiger partial charge >= 0.3 is 0 Å². The van der Waals surface area contributed by atoms with Crippen molar-refractivity contribution in [3.8, 4) is 11.8 Å². The summed E-state index contributed by atoms with van der Waals surface area (Å²) in [6, 6.07) is 11.1. The Morgan fingerprint density at radius 3 is 2.76 bits per heavy atom. The second kappa shape index (κ2) is 6.69. The van der Waals surface area contributed by atoms with Crippen LogP contribution in [0.15, 0.2) is 42.5 Å². The van der Waals surface area contributed by atoms with Gasteiger partial charge < -0.3 is 10.4 Å². The minimum absolute atomic E-state index is 0.0104. The van der Waals surface area contributed by atoms with E-state index in [1.165, 1.54) is 18.2 Å². The fourth-order valence-corrected chi connectivity index (χ4v) is 1.81. The Balaban J connectivity index is 2.27. The highest BCUT2D eigenvalue weighted by Gasteiger charge is 2.12. The molecule has 21 heavy (non-hydrogen) atoms. The van der Waals surface area contributed by atoms with Crippen molar-refractivity contribution in [3.05, 3.63) is 65.0 Å². The molecule has 0 saturated carbocycles. The fraction of sp³-hybridized carbons (Fsp3) is 0.118. The number of hydrogen-bond acceptors (Lipinski definition) is 2. The van der Waals surface area contributed by atoms with Crippen molar-refractivity contribution in [2.24, 2.45) is 0 Å². The third-order valence-corrected chi connectivity index (χ3v) is 2.92. The van der Waals surface area contributed by atoms with Gasteiger partial charge in [0.1, 0.15) is 12.4 Å². The first-order valence-corrected chi connectivity index (χ1v) is 6.38. The molecule has 0 saturated heterocycles. The van der Waals surface area contributed by atoms with Crippen molar-refractivity contribution >= 4 is 11.6 Å². The predicted octanol–water partition coefficient (Wildman–Crippen LogP) is 2.73. The number of rotatable bonds is 2. The Bertz CT molecular complexity index is 729. The van der Waals surface area contributed by atoms with Crippen molar-refractivity contribution in [2.75, 3.05) is 11.9 Å². The molecule has 0 aromatic heterocycles. The second-order valence-electron chi connectivity index (χ2n) is 4.42. The molecule has 2 aromatic carbocycles. The maximum atomic E-state index is 13.6. The van der Waals surface area contributed by atoms with E-state index >= 15 is 0 Å². The second-order valence-corrected chi connectivity index (χ2v) is 4.42. The quantitative estimate of drug-likeness (QED) is 0.833. The largest absolute Gasteiger partial charge is 0.384 e. The molecule has 0 atom stereocenters. The first-order chi connectivity index (χ1) is 10.1. The summed E-state index contributed by atoms with van der Waals surface area (Å²) in [6.45, 7) is 1.60. The number of benzene rings is 2. The monoisotopic (exact) mass is 283 g/mol. The van der Waals surface area contributed by atoms with E-state index in [4.69, 9.17) is 5.11 Å². The van der Waals surface area contributed by atoms with E-state index in [0.29, 0.717) is 11.3 Å². The van der Waals surface area contributed by atoms with Crippen LogP contribution in [0.5, 0.6) is 0 Å². The highest BCUT2D eigenvalue weighted by Crippen LogP contribution is 2.18. The molecule has 0 heterocycles. The molecular weight excluding hydrogens is 269 g/mol. The van der Waals surface area contributed by atoms with Gasteiger partial charge in [0.05, 0.1) is 5.56 Å². The van der Waals surface area contributed by atoms with Crippen LogP contribution in [0.1, 0.15) is 21.5 Å². The number of aryl methyl sites for hydroxylation is 1. The Labute approximate surface area is 122 Å². The lowest BCUT2D eigenvalue weighted by Crippen LogP contribution is -2.14. The number of aliphatic hydroxyl groups excluding tert-OH is 1. The summed E-state index contributed by atoms with van der Waals surface area (Å²) in [5, 5.41) is 11.4. The van der Waals surface area contributed by atoms with Crippen LogP contribution in [0.3, 0.4) is 0 Å². The number of carbonyl (C=O) groups is 1. The van der Waals surface area contributed by atoms with Gasteiger partial charge in [0.2, 0.25) is 0 Å². The number of amides is 1. The topological polar surface area (TPSA) is 49.3 Å². The number of aliphatic hydroxyl groups is 1. The minimum Gasteiger partial charge on any atom is -0.384 e. The van der Waals surface area contributed by atoms with Gasteiger partial charge in [-0.25, -0.2) is 4.39 Å². The van der Waals surface area contributed by atoms with Gasteiger partial charge in [-0.3, -0.25) is 4.79 Å². The lowest BCUT2D eigenvalue weighted by atomic mass is 10.1. The summed E-state index contributed by atoms with van der Waals surface area (Å²) < 4.78 is 13.6. The van der Waals surface area contributed by atoms with Gasteiger partial charge in [-0.2, -0.15) is 0 Å². The van der Waals surface area contributed by atoms with E-state index in [9.17, 15) is 9.18 Å². The molecule has 2 rings (SSSR count). The molecule has 106 valence electrons. The van der Waals surface area contributed by atoms with Crippen LogP contribution in [0.2, 0.25) is 0 Å². The molecule has 0 radical (unpaired) electrons. The average molecular weight is 283 g/mol. The molecule has 1 amide bonds. The van der Waals surface area contributed by atoms with E-state index in [-0.39, 0.29) is 12.2 Å². The molecule has 0 fully saturated rings. The van der Waals surface area contributed by atoms with E-state index in [1.807, 2.05) is 6.92 Å². The fourth-order valence-electron chi connectivity index (χ4n) is 1.81. The molecule has 4 heteroatoms. The third kappa shape index (κ3) is 3.68. The Morgan fingerprint density at radius 1 is 1.29 bits per heavy atom. The van der Waals surface area contributed by atoms with Gasteiger partial charge in [0.15, 0.2) is 0 Å². The summed E-state index contributed by atoms with van der Waals surface area (Å²) in [4.78, 5) is 12.1. The molecule has 0 spiro atoms. The van der Waals surface area contributed by atoms with E-state index in [0.717, 1.165) is 5.56 Å². The number of hydrogen-bond donors (Lipinski definition) is 2. The van der Waals surface area contributed by atoms with Crippen LogP contribution in [0.25, 0.3) is 0 Å². The maximum Gasteiger partial charge on any atom is 0.258 e. The number of anilines is 1. The lowest BCUT2D eigenvalue weighted by molar-refractivity contribution is 0.102. The smallest absolute Gasteiger partial charge is 0.258 e. The average Bonchev–Trinajstić information content (AvgIpc) is 2.48. The van der Waals surface area contributed by atoms with Crippen LogP contribution in [-0.4, -0.2) is 17.6 Å². The zero-order valence-electron chi connectivity index (χ0n) is 11.5. The van der Waals surface area contributed by atoms with E-state index in [1.54, 1.807) is 24.3 Å². The standard InChI is InChI=1S/C17H14FNO2/c1-12-8-9-13(5-4-10-20)11-16(12)19-17(21)14-6-2-3-7-15(14)18/h2-3,6-9,11,20H,10H2,1H3,(H,19,21). The molecule has 2 aromatic rings. The van der Waals surface area contributed by atoms with Crippen LogP contribution in [0.4, 0.5) is 10.1 Å². The summed E-state index contributed by atoms with van der Waals surface area (Å²) in [6.07, 6.45) is 0. The molecule has 3 nitrogen and oxygen atoms in total. The highest BCUT2D eigenvalue weighted by atomic mass is 19.1. The van der Waals surface area contributed by atoms with E-state index < -0.39 is 11.7 Å². The predicted molar refractivity (Wildman–Crippen MR) is 79.5 cm³/mol. The maximum absolute atomic E-state index is 13.6. The van der Waals surface area contributed by atoms with Crippen molar-refractivity contribution in [3.63, 3.8) is 0 Å². The third-order valence-electron chi connectivity index (χ3n) is 2.92. The Kier molecular flexibility index (Phi) is 4.70. The van der Waals surface area contributed by atoms with Gasteiger partial charge in [-0.1, -0.05) is 30.0 Å². The molecule has 0 unspecified atom stereocenters. The Morgan fingerprint density at radius 2 is 2.05 bits per heavy atom. The zero-order chi connectivity index (χ0) is 15.2. The summed E-state index contributed by atoms with van der Waals surface area (Å²) in [5.41, 5.74) is 2.06. The molecule has 0 aliphatic carbocycles. The molecule has 0 bridgehead atoms. The van der Waals surface area contributed by atoms with Gasteiger partial charge in [-0.15, -0.1) is 0 Å². The Hall–Kier alpha value is -2.64. The van der Waals surface area contributed by atoms with Crippen LogP contribution in [0, 0.1) is 24.6 Å². The molecule has 0 aliphatic rings. The number of halogens is 1. The lowest BCUT2D eigenvalue weighted by Gasteiger charge is -2.09. The highest BCUT2D eigenvalue weighted by molar-refractivity contribution is 6.04. The van der Waals surface area contributed by atoms with Crippen molar-refractivity contribution < 1.29 is 14.3 Å². The summed E-state index contributed by atoms with van der Waals surface area (Å²) >= 11 is 0. The SMILES string of the molecule is Cc1ccc(C#CCO)cc1NC(=O)c1ccccc1F. The number of nitrogens with one attached hydrogen (secondary N) is 1. The van der Waals surface area contributed by atoms with E-state index in [2.05, 4.69) is 17.2 Å². The number of carbonyl (C=O) groups excluding carboxylic acids is 1. The molecule has 0 aliphatic heterocycles. The van der Waals surface area contributed by atoms with Crippen LogP contribution >= 0.6 is 0 Å². The van der Waals surface area contributed by atoms with Crippen LogP contribution in [-0.2, 0) is 0 Å². The van der Waals surface area contributed by atoms with Crippen LogP contribution < -0.4 is 5.32 Å². The zero-order valence-corrected chi connectivity index (χ0v) is 11.5. The van der Waals surface area contributed by atoms with Gasteiger partial charge in [0, 0.05) is 11.3 Å². The normalized spacial score (nSPS) is 9.67. The summed E-state index contributed by atoms with van der Waals surface area (Å²) in [5.74, 6) is 4.22. The van der Waals surface area contributed by atoms with Gasteiger partial charge in [0.25, 0.3) is 5.91 Å². The minimum atomic E-state index is -0.566. The summed E-state index contributed by atoms with van der Waals surface area (Å²) in [7, 11) is 0. The first-order valence-electron chi connectivity index (χ1n) is 6.38. The van der Waals surface area contributed by atoms with Crippen molar-refractivity contribution in [1.82, 2.24) is 0 Å². The first kappa shape index (κ1) is 14.8. The van der Waals surface area contributed by atoms with Crippen molar-refractivity contribution in [2.45, 2.75) is 6.92 Å². The van der Waals surface area contributed by atoms with Crippen molar-refractivity contribution in [1.29, 1.82) is 0 Å². The molecular formula is C17H14FNO2.